The van der Waals surface area contributed by atoms with E-state index < -0.39 is 5.97 Å². The predicted molar refractivity (Wildman–Crippen MR) is 157 cm³/mol. The molecule has 0 saturated carbocycles. The average molecular weight is 544 g/mol. The minimum absolute atomic E-state index is 0.0711. The topological polar surface area (TPSA) is 75.5 Å². The fraction of sp³-hybridized carbons (Fsp3) is 0.344. The van der Waals surface area contributed by atoms with Crippen molar-refractivity contribution in [1.29, 1.82) is 0 Å². The molecule has 7 heteroatoms. The number of aromatic nitrogens is 2. The zero-order valence-electron chi connectivity index (χ0n) is 22.8. The molecule has 4 aromatic rings. The molecule has 0 saturated heterocycles. The van der Waals surface area contributed by atoms with Gasteiger partial charge in [0.2, 0.25) is 0 Å². The number of pyridine rings is 1. The van der Waals surface area contributed by atoms with Crippen LogP contribution in [0.4, 0.5) is 0 Å². The maximum Gasteiger partial charge on any atom is 0.317 e. The van der Waals surface area contributed by atoms with Crippen molar-refractivity contribution in [3.05, 3.63) is 100 Å². The van der Waals surface area contributed by atoms with Crippen molar-refractivity contribution in [2.24, 2.45) is 0 Å². The van der Waals surface area contributed by atoms with Gasteiger partial charge in [-0.25, -0.2) is 4.98 Å². The number of benzene rings is 2. The molecular formula is C32H37N3O3S. The molecular weight excluding hydrogens is 506 g/mol. The van der Waals surface area contributed by atoms with Crippen molar-refractivity contribution >= 4 is 17.3 Å². The SMILES string of the molecule is CCCC(CCC)c1ccc(COc2ccc(-c3csc(CN(CC(=O)O)Cc4ccccn4)n3)cc2)cc1. The summed E-state index contributed by atoms with van der Waals surface area (Å²) in [6.07, 6.45) is 6.62. The van der Waals surface area contributed by atoms with Gasteiger partial charge in [0.15, 0.2) is 0 Å². The molecule has 2 aromatic heterocycles. The lowest BCUT2D eigenvalue weighted by Crippen LogP contribution is -2.29. The number of carboxylic acids is 1. The molecule has 0 aliphatic heterocycles. The number of carboxylic acid groups (broad SMARTS) is 1. The first kappa shape index (κ1) is 28.5. The third-order valence-electron chi connectivity index (χ3n) is 6.66. The summed E-state index contributed by atoms with van der Waals surface area (Å²) in [7, 11) is 0. The van der Waals surface area contributed by atoms with Crippen LogP contribution >= 0.6 is 11.3 Å². The number of thiazole rings is 1. The Hall–Kier alpha value is -3.55. The highest BCUT2D eigenvalue weighted by molar-refractivity contribution is 7.09. The number of rotatable bonds is 15. The van der Waals surface area contributed by atoms with Gasteiger partial charge in [-0.3, -0.25) is 14.7 Å². The summed E-state index contributed by atoms with van der Waals surface area (Å²) < 4.78 is 6.04. The molecule has 0 amide bonds. The fourth-order valence-electron chi connectivity index (χ4n) is 4.74. The van der Waals surface area contributed by atoms with Crippen LogP contribution < -0.4 is 4.74 Å². The standard InChI is InChI=1S/C32H37N3O3S/c1-3-7-25(8-4-2)26-12-10-24(11-13-26)22-38-29-16-14-27(15-17-29)30-23-39-31(34-30)20-35(21-32(36)37)19-28-9-5-6-18-33-28/h5-6,9-18,23,25H,3-4,7-8,19-22H2,1-2H3,(H,36,37). The molecule has 204 valence electrons. The van der Waals surface area contributed by atoms with Crippen molar-refractivity contribution in [2.75, 3.05) is 6.54 Å². The summed E-state index contributed by atoms with van der Waals surface area (Å²) >= 11 is 1.53. The molecule has 4 rings (SSSR count). The van der Waals surface area contributed by atoms with Crippen LogP contribution in [0.2, 0.25) is 0 Å². The monoisotopic (exact) mass is 543 g/mol. The largest absolute Gasteiger partial charge is 0.489 e. The molecule has 0 atom stereocenters. The average Bonchev–Trinajstić information content (AvgIpc) is 3.41. The van der Waals surface area contributed by atoms with Gasteiger partial charge in [-0.1, -0.05) is 57.0 Å². The lowest BCUT2D eigenvalue weighted by Gasteiger charge is -2.18. The van der Waals surface area contributed by atoms with Crippen LogP contribution in [0, 0.1) is 0 Å². The van der Waals surface area contributed by atoms with Crippen LogP contribution in [0.15, 0.2) is 78.3 Å². The van der Waals surface area contributed by atoms with Gasteiger partial charge in [0, 0.05) is 23.7 Å². The normalized spacial score (nSPS) is 11.3. The summed E-state index contributed by atoms with van der Waals surface area (Å²) in [5.41, 5.74) is 5.30. The Kier molecular flexibility index (Phi) is 10.6. The third-order valence-corrected chi connectivity index (χ3v) is 7.50. The molecule has 0 aliphatic rings. The van der Waals surface area contributed by atoms with E-state index >= 15 is 0 Å². The van der Waals surface area contributed by atoms with Crippen LogP contribution in [0.5, 0.6) is 5.75 Å². The second kappa shape index (κ2) is 14.6. The molecule has 0 fully saturated rings. The Morgan fingerprint density at radius 2 is 1.72 bits per heavy atom. The zero-order chi connectivity index (χ0) is 27.5. The molecule has 0 spiro atoms. The van der Waals surface area contributed by atoms with Crippen LogP contribution in [0.3, 0.4) is 0 Å². The Morgan fingerprint density at radius 3 is 2.36 bits per heavy atom. The van der Waals surface area contributed by atoms with E-state index in [0.29, 0.717) is 25.6 Å². The van der Waals surface area contributed by atoms with Gasteiger partial charge in [-0.15, -0.1) is 11.3 Å². The first-order valence-electron chi connectivity index (χ1n) is 13.6. The van der Waals surface area contributed by atoms with Crippen LogP contribution in [0.1, 0.15) is 67.3 Å². The molecule has 0 bridgehead atoms. The molecule has 0 unspecified atom stereocenters. The summed E-state index contributed by atoms with van der Waals surface area (Å²) in [6, 6.07) is 22.5. The maximum absolute atomic E-state index is 11.4. The van der Waals surface area contributed by atoms with Gasteiger partial charge in [0.05, 0.1) is 24.5 Å². The van der Waals surface area contributed by atoms with E-state index in [4.69, 9.17) is 9.72 Å². The number of aliphatic carboxylic acids is 1. The van der Waals surface area contributed by atoms with E-state index in [1.165, 1.54) is 42.6 Å². The van der Waals surface area contributed by atoms with E-state index in [1.807, 2.05) is 52.7 Å². The number of hydrogen-bond acceptors (Lipinski definition) is 6. The number of nitrogens with zero attached hydrogens (tertiary/aromatic N) is 3. The quantitative estimate of drug-likeness (QED) is 0.167. The first-order chi connectivity index (χ1) is 19.0. The van der Waals surface area contributed by atoms with E-state index in [9.17, 15) is 9.90 Å². The van der Waals surface area contributed by atoms with Crippen molar-refractivity contribution in [3.63, 3.8) is 0 Å². The van der Waals surface area contributed by atoms with Gasteiger partial charge in [-0.2, -0.15) is 0 Å². The highest BCUT2D eigenvalue weighted by Crippen LogP contribution is 2.28. The van der Waals surface area contributed by atoms with Gasteiger partial charge in [0.1, 0.15) is 17.4 Å². The molecule has 0 radical (unpaired) electrons. The second-order valence-electron chi connectivity index (χ2n) is 9.82. The van der Waals surface area contributed by atoms with E-state index in [0.717, 1.165) is 33.3 Å². The molecule has 2 aromatic carbocycles. The number of carbonyl (C=O) groups is 1. The molecule has 0 aliphatic carbocycles. The van der Waals surface area contributed by atoms with E-state index in [1.54, 1.807) is 6.20 Å². The Labute approximate surface area is 235 Å². The highest BCUT2D eigenvalue weighted by atomic mass is 32.1. The summed E-state index contributed by atoms with van der Waals surface area (Å²) in [6.45, 7) is 5.87. The first-order valence-corrected chi connectivity index (χ1v) is 14.5. The predicted octanol–water partition coefficient (Wildman–Crippen LogP) is 7.55. The molecule has 39 heavy (non-hydrogen) atoms. The summed E-state index contributed by atoms with van der Waals surface area (Å²) in [4.78, 5) is 22.3. The van der Waals surface area contributed by atoms with Crippen molar-refractivity contribution in [3.8, 4) is 17.0 Å². The van der Waals surface area contributed by atoms with Gasteiger partial charge in [-0.05, 0) is 66.3 Å². The summed E-state index contributed by atoms with van der Waals surface area (Å²) in [5.74, 6) is 0.595. The Balaban J connectivity index is 1.33. The van der Waals surface area contributed by atoms with Gasteiger partial charge in [0.25, 0.3) is 0 Å². The van der Waals surface area contributed by atoms with Crippen LogP contribution in [0.25, 0.3) is 11.3 Å². The fourth-order valence-corrected chi connectivity index (χ4v) is 5.58. The Bertz CT molecular complexity index is 1280. The smallest absolute Gasteiger partial charge is 0.317 e. The molecule has 2 heterocycles. The van der Waals surface area contributed by atoms with Crippen molar-refractivity contribution in [2.45, 2.75) is 65.1 Å². The van der Waals surface area contributed by atoms with Gasteiger partial charge < -0.3 is 9.84 Å². The summed E-state index contributed by atoms with van der Waals surface area (Å²) in [5, 5.41) is 12.2. The highest BCUT2D eigenvalue weighted by Gasteiger charge is 2.15. The van der Waals surface area contributed by atoms with Crippen molar-refractivity contribution in [1.82, 2.24) is 14.9 Å². The number of hydrogen-bond donors (Lipinski definition) is 1. The van der Waals surface area contributed by atoms with Crippen LogP contribution in [-0.4, -0.2) is 32.5 Å². The lowest BCUT2D eigenvalue weighted by atomic mass is 9.90. The van der Waals surface area contributed by atoms with Crippen molar-refractivity contribution < 1.29 is 14.6 Å². The minimum atomic E-state index is -0.869. The van der Waals surface area contributed by atoms with Gasteiger partial charge >= 0.3 is 5.97 Å². The Morgan fingerprint density at radius 1 is 0.974 bits per heavy atom. The minimum Gasteiger partial charge on any atom is -0.489 e. The number of ether oxygens (including phenoxy) is 1. The second-order valence-corrected chi connectivity index (χ2v) is 10.8. The maximum atomic E-state index is 11.4. The van der Waals surface area contributed by atoms with Crippen LogP contribution in [-0.2, 0) is 24.5 Å². The third kappa shape index (κ3) is 8.73. The van der Waals surface area contributed by atoms with E-state index in [2.05, 4.69) is 43.1 Å². The lowest BCUT2D eigenvalue weighted by molar-refractivity contribution is -0.138. The molecule has 6 nitrogen and oxygen atoms in total. The molecule has 1 N–H and O–H groups in total. The van der Waals surface area contributed by atoms with E-state index in [-0.39, 0.29) is 6.54 Å². The zero-order valence-corrected chi connectivity index (χ0v) is 23.6.